The fourth-order valence-electron chi connectivity index (χ4n) is 2.15. The molecule has 2 rings (SSSR count). The summed E-state index contributed by atoms with van der Waals surface area (Å²) in [5.74, 6) is 1.14. The van der Waals surface area contributed by atoms with E-state index in [0.717, 1.165) is 32.6 Å². The molecular weight excluding hydrogens is 180 g/mol. The van der Waals surface area contributed by atoms with Gasteiger partial charge in [0.05, 0.1) is 0 Å². The lowest BCUT2D eigenvalue weighted by molar-refractivity contribution is -0.139. The van der Waals surface area contributed by atoms with Gasteiger partial charge in [-0.15, -0.1) is 0 Å². The summed E-state index contributed by atoms with van der Waals surface area (Å²) in [6.07, 6.45) is 1.81. The van der Waals surface area contributed by atoms with Gasteiger partial charge < -0.3 is 15.3 Å². The Morgan fingerprint density at radius 3 is 2.79 bits per heavy atom. The van der Waals surface area contributed by atoms with Crippen LogP contribution in [0.3, 0.4) is 0 Å². The number of nitrogens with zero attached hydrogens (tertiary/aromatic N) is 1. The van der Waals surface area contributed by atoms with Gasteiger partial charge in [-0.05, 0) is 25.4 Å². The highest BCUT2D eigenvalue weighted by molar-refractivity contribution is 5.77. The molecule has 0 bridgehead atoms. The molecule has 2 fully saturated rings. The van der Waals surface area contributed by atoms with Crippen molar-refractivity contribution in [2.24, 2.45) is 11.8 Å². The van der Waals surface area contributed by atoms with Crippen molar-refractivity contribution in [2.45, 2.75) is 12.8 Å². The van der Waals surface area contributed by atoms with Gasteiger partial charge in [0.15, 0.2) is 0 Å². The van der Waals surface area contributed by atoms with Crippen LogP contribution in [0.1, 0.15) is 12.8 Å². The fourth-order valence-corrected chi connectivity index (χ4v) is 2.15. The minimum atomic E-state index is 0.217. The second-order valence-corrected chi connectivity index (χ2v) is 4.41. The monoisotopic (exact) mass is 198 g/mol. The number of amides is 1. The Labute approximate surface area is 84.3 Å². The molecule has 2 saturated heterocycles. The number of aliphatic hydroxyl groups is 1. The van der Waals surface area contributed by atoms with Crippen molar-refractivity contribution in [2.75, 3.05) is 32.8 Å². The second-order valence-electron chi connectivity index (χ2n) is 4.41. The van der Waals surface area contributed by atoms with Crippen LogP contribution in [0.4, 0.5) is 0 Å². The first-order valence-electron chi connectivity index (χ1n) is 5.39. The Morgan fingerprint density at radius 1 is 1.43 bits per heavy atom. The van der Waals surface area contributed by atoms with E-state index in [-0.39, 0.29) is 12.5 Å². The van der Waals surface area contributed by atoms with E-state index in [1.54, 1.807) is 0 Å². The van der Waals surface area contributed by atoms with Crippen LogP contribution in [-0.4, -0.2) is 48.7 Å². The molecule has 0 saturated carbocycles. The average Bonchev–Trinajstić information content (AvgIpc) is 2.54. The first kappa shape index (κ1) is 9.93. The Bertz CT molecular complexity index is 208. The molecule has 4 heteroatoms. The molecule has 0 aliphatic carbocycles. The molecular formula is C10H18N2O2. The van der Waals surface area contributed by atoms with E-state index < -0.39 is 0 Å². The number of rotatable bonds is 3. The van der Waals surface area contributed by atoms with Crippen LogP contribution >= 0.6 is 0 Å². The van der Waals surface area contributed by atoms with Gasteiger partial charge in [-0.25, -0.2) is 0 Å². The molecule has 14 heavy (non-hydrogen) atoms. The number of carbonyl (C=O) groups excluding carboxylic acids is 1. The van der Waals surface area contributed by atoms with Crippen molar-refractivity contribution in [1.82, 2.24) is 10.2 Å². The first-order chi connectivity index (χ1) is 6.79. The lowest BCUT2D eigenvalue weighted by atomic mass is 9.98. The number of carbonyl (C=O) groups is 1. The van der Waals surface area contributed by atoms with Crippen LogP contribution in [0.5, 0.6) is 0 Å². The van der Waals surface area contributed by atoms with Gasteiger partial charge in [0.25, 0.3) is 0 Å². The zero-order valence-corrected chi connectivity index (χ0v) is 8.41. The lowest BCUT2D eigenvalue weighted by Gasteiger charge is -2.38. The maximum atomic E-state index is 11.7. The summed E-state index contributed by atoms with van der Waals surface area (Å²) in [4.78, 5) is 13.5. The van der Waals surface area contributed by atoms with Crippen LogP contribution in [0.15, 0.2) is 0 Å². The maximum absolute atomic E-state index is 11.7. The molecule has 4 nitrogen and oxygen atoms in total. The molecule has 2 N–H and O–H groups in total. The largest absolute Gasteiger partial charge is 0.396 e. The average molecular weight is 198 g/mol. The molecule has 0 radical (unpaired) electrons. The van der Waals surface area contributed by atoms with E-state index in [0.29, 0.717) is 18.3 Å². The number of likely N-dealkylation sites (tertiary alicyclic amines) is 1. The van der Waals surface area contributed by atoms with E-state index in [4.69, 9.17) is 5.11 Å². The van der Waals surface area contributed by atoms with Gasteiger partial charge >= 0.3 is 0 Å². The molecule has 0 aromatic carbocycles. The van der Waals surface area contributed by atoms with Crippen LogP contribution in [0.25, 0.3) is 0 Å². The Balaban J connectivity index is 1.69. The number of hydrogen-bond acceptors (Lipinski definition) is 3. The topological polar surface area (TPSA) is 52.6 Å². The molecule has 0 spiro atoms. The number of aliphatic hydroxyl groups excluding tert-OH is 1. The van der Waals surface area contributed by atoms with Crippen molar-refractivity contribution in [3.8, 4) is 0 Å². The SMILES string of the molecule is O=C(CC1CCNC1)N1CC(CO)C1. The predicted octanol–water partition coefficient (Wildman–Crippen LogP) is -0.563. The summed E-state index contributed by atoms with van der Waals surface area (Å²) >= 11 is 0. The summed E-state index contributed by atoms with van der Waals surface area (Å²) in [5.41, 5.74) is 0. The molecule has 1 atom stereocenters. The van der Waals surface area contributed by atoms with Crippen LogP contribution < -0.4 is 5.32 Å². The number of hydrogen-bond donors (Lipinski definition) is 2. The Hall–Kier alpha value is -0.610. The second kappa shape index (κ2) is 4.28. The molecule has 2 aliphatic heterocycles. The zero-order valence-electron chi connectivity index (χ0n) is 8.41. The minimum absolute atomic E-state index is 0.217. The fraction of sp³-hybridized carbons (Fsp3) is 0.900. The van der Waals surface area contributed by atoms with Gasteiger partial charge in [0.1, 0.15) is 0 Å². The van der Waals surface area contributed by atoms with Crippen LogP contribution in [-0.2, 0) is 4.79 Å². The smallest absolute Gasteiger partial charge is 0.222 e. The summed E-state index contributed by atoms with van der Waals surface area (Å²) in [6.45, 7) is 3.78. The van der Waals surface area contributed by atoms with Crippen molar-refractivity contribution in [1.29, 1.82) is 0 Å². The standard InChI is InChI=1S/C10H18N2O2/c13-7-9-5-12(6-9)10(14)3-8-1-2-11-4-8/h8-9,11,13H,1-7H2. The summed E-state index contributed by atoms with van der Waals surface area (Å²) in [5, 5.41) is 12.1. The van der Waals surface area contributed by atoms with E-state index in [1.807, 2.05) is 4.90 Å². The van der Waals surface area contributed by atoms with Crippen molar-refractivity contribution in [3.63, 3.8) is 0 Å². The highest BCUT2D eigenvalue weighted by Gasteiger charge is 2.31. The minimum Gasteiger partial charge on any atom is -0.396 e. The van der Waals surface area contributed by atoms with Gasteiger partial charge in [-0.3, -0.25) is 4.79 Å². The molecule has 0 aromatic heterocycles. The third-order valence-electron chi connectivity index (χ3n) is 3.19. The molecule has 80 valence electrons. The first-order valence-corrected chi connectivity index (χ1v) is 5.39. The summed E-state index contributed by atoms with van der Waals surface area (Å²) in [7, 11) is 0. The van der Waals surface area contributed by atoms with Gasteiger partial charge in [-0.2, -0.15) is 0 Å². The van der Waals surface area contributed by atoms with Crippen LogP contribution in [0, 0.1) is 11.8 Å². The predicted molar refractivity (Wildman–Crippen MR) is 52.7 cm³/mol. The zero-order chi connectivity index (χ0) is 9.97. The third kappa shape index (κ3) is 2.07. The Kier molecular flexibility index (Phi) is 3.03. The highest BCUT2D eigenvalue weighted by Crippen LogP contribution is 2.19. The molecule has 2 aliphatic rings. The van der Waals surface area contributed by atoms with E-state index >= 15 is 0 Å². The highest BCUT2D eigenvalue weighted by atomic mass is 16.3. The van der Waals surface area contributed by atoms with E-state index in [2.05, 4.69) is 5.32 Å². The van der Waals surface area contributed by atoms with E-state index in [1.165, 1.54) is 0 Å². The number of nitrogens with one attached hydrogen (secondary N) is 1. The quantitative estimate of drug-likeness (QED) is 0.639. The maximum Gasteiger partial charge on any atom is 0.222 e. The molecule has 1 unspecified atom stereocenters. The molecule has 2 heterocycles. The van der Waals surface area contributed by atoms with Gasteiger partial charge in [-0.1, -0.05) is 0 Å². The Morgan fingerprint density at radius 2 is 2.21 bits per heavy atom. The van der Waals surface area contributed by atoms with Crippen LogP contribution in [0.2, 0.25) is 0 Å². The van der Waals surface area contributed by atoms with E-state index in [9.17, 15) is 4.79 Å². The van der Waals surface area contributed by atoms with Gasteiger partial charge in [0, 0.05) is 32.0 Å². The molecule has 0 aromatic rings. The van der Waals surface area contributed by atoms with Gasteiger partial charge in [0.2, 0.25) is 5.91 Å². The van der Waals surface area contributed by atoms with Crippen molar-refractivity contribution < 1.29 is 9.90 Å². The third-order valence-corrected chi connectivity index (χ3v) is 3.19. The summed E-state index contributed by atoms with van der Waals surface area (Å²) < 4.78 is 0. The van der Waals surface area contributed by atoms with Crippen molar-refractivity contribution >= 4 is 5.91 Å². The normalized spacial score (nSPS) is 27.8. The molecule has 1 amide bonds. The summed E-state index contributed by atoms with van der Waals surface area (Å²) in [6, 6.07) is 0. The van der Waals surface area contributed by atoms with Crippen molar-refractivity contribution in [3.05, 3.63) is 0 Å². The lowest BCUT2D eigenvalue weighted by Crippen LogP contribution is -2.51.